The van der Waals surface area contributed by atoms with Crippen molar-refractivity contribution in [1.29, 1.82) is 0 Å². The van der Waals surface area contributed by atoms with Gasteiger partial charge in [-0.25, -0.2) is 14.6 Å². The van der Waals surface area contributed by atoms with Gasteiger partial charge in [0.2, 0.25) is 0 Å². The van der Waals surface area contributed by atoms with Gasteiger partial charge in [0.15, 0.2) is 5.65 Å². The van der Waals surface area contributed by atoms with Gasteiger partial charge in [-0.1, -0.05) is 19.3 Å². The van der Waals surface area contributed by atoms with E-state index >= 15 is 0 Å². The zero-order valence-electron chi connectivity index (χ0n) is 11.1. The number of nitrogens with zero attached hydrogens (tertiary/aromatic N) is 4. The maximum absolute atomic E-state index is 10.6. The Morgan fingerprint density at radius 3 is 2.84 bits per heavy atom. The lowest BCUT2D eigenvalue weighted by molar-refractivity contribution is -0.0133. The first-order valence-corrected chi connectivity index (χ1v) is 6.78. The fraction of sp³-hybridized carbons (Fsp3) is 0.615. The van der Waals surface area contributed by atoms with E-state index in [9.17, 15) is 5.11 Å². The topological polar surface area (TPSA) is 75.9 Å². The summed E-state index contributed by atoms with van der Waals surface area (Å²) in [7, 11) is 1.83. The van der Waals surface area contributed by atoms with Crippen molar-refractivity contribution < 1.29 is 5.11 Å². The highest BCUT2D eigenvalue weighted by atomic mass is 16.3. The van der Waals surface area contributed by atoms with Crippen LogP contribution in [0.4, 0.5) is 5.82 Å². The van der Waals surface area contributed by atoms with E-state index in [1.54, 1.807) is 10.9 Å². The van der Waals surface area contributed by atoms with Crippen LogP contribution in [0.1, 0.15) is 32.1 Å². The summed E-state index contributed by atoms with van der Waals surface area (Å²) < 4.78 is 1.79. The molecule has 0 aromatic carbocycles. The summed E-state index contributed by atoms with van der Waals surface area (Å²) in [4.78, 5) is 8.45. The lowest BCUT2D eigenvalue weighted by Gasteiger charge is -2.31. The quantitative estimate of drug-likeness (QED) is 0.877. The van der Waals surface area contributed by atoms with Gasteiger partial charge in [0.25, 0.3) is 0 Å². The number of hydrogen-bond acceptors (Lipinski definition) is 5. The number of aliphatic hydroxyl groups is 1. The first kappa shape index (κ1) is 12.3. The van der Waals surface area contributed by atoms with Crippen LogP contribution in [0, 0.1) is 0 Å². The molecule has 19 heavy (non-hydrogen) atoms. The molecule has 0 radical (unpaired) electrons. The molecule has 2 heterocycles. The Morgan fingerprint density at radius 2 is 2.11 bits per heavy atom. The number of anilines is 1. The minimum absolute atomic E-state index is 0.511. The van der Waals surface area contributed by atoms with Gasteiger partial charge in [0, 0.05) is 7.05 Å². The molecule has 1 aliphatic carbocycles. The summed E-state index contributed by atoms with van der Waals surface area (Å²) in [6.07, 6.45) is 8.37. The highest BCUT2D eigenvalue weighted by Crippen LogP contribution is 2.30. The van der Waals surface area contributed by atoms with E-state index in [1.807, 2.05) is 7.05 Å². The summed E-state index contributed by atoms with van der Waals surface area (Å²) in [5, 5.41) is 18.9. The van der Waals surface area contributed by atoms with Crippen LogP contribution in [-0.4, -0.2) is 37.5 Å². The third kappa shape index (κ3) is 2.28. The summed E-state index contributed by atoms with van der Waals surface area (Å²) in [6.45, 7) is 0.511. The zero-order valence-corrected chi connectivity index (χ0v) is 11.1. The Labute approximate surface area is 111 Å². The van der Waals surface area contributed by atoms with Gasteiger partial charge in [-0.15, -0.1) is 0 Å². The molecular formula is C13H19N5O. The molecule has 6 heteroatoms. The Bertz CT molecular complexity index is 573. The summed E-state index contributed by atoms with van der Waals surface area (Å²) >= 11 is 0. The predicted octanol–water partition coefficient (Wildman–Crippen LogP) is 1.56. The van der Waals surface area contributed by atoms with Gasteiger partial charge in [-0.05, 0) is 12.8 Å². The van der Waals surface area contributed by atoms with Crippen LogP contribution < -0.4 is 5.32 Å². The zero-order chi connectivity index (χ0) is 13.3. The van der Waals surface area contributed by atoms with Gasteiger partial charge < -0.3 is 10.4 Å². The maximum Gasteiger partial charge on any atom is 0.163 e. The second-order valence-electron chi connectivity index (χ2n) is 5.30. The van der Waals surface area contributed by atoms with E-state index in [1.165, 1.54) is 12.7 Å². The Hall–Kier alpha value is -1.69. The molecule has 0 atom stereocenters. The molecule has 1 saturated carbocycles. The number of fused-ring (bicyclic) bond motifs is 1. The average Bonchev–Trinajstić information content (AvgIpc) is 2.82. The third-order valence-corrected chi connectivity index (χ3v) is 3.90. The van der Waals surface area contributed by atoms with Crippen LogP contribution >= 0.6 is 0 Å². The molecule has 6 nitrogen and oxygen atoms in total. The lowest BCUT2D eigenvalue weighted by atomic mass is 9.85. The molecule has 1 fully saturated rings. The molecular weight excluding hydrogens is 242 g/mol. The van der Waals surface area contributed by atoms with Crippen molar-refractivity contribution in [1.82, 2.24) is 19.7 Å². The smallest absolute Gasteiger partial charge is 0.163 e. The highest BCUT2D eigenvalue weighted by molar-refractivity contribution is 5.85. The first-order chi connectivity index (χ1) is 9.22. The Balaban J connectivity index is 1.93. The highest BCUT2D eigenvalue weighted by Gasteiger charge is 2.30. The van der Waals surface area contributed by atoms with E-state index in [0.29, 0.717) is 6.54 Å². The lowest BCUT2D eigenvalue weighted by Crippen LogP contribution is -2.36. The van der Waals surface area contributed by atoms with Gasteiger partial charge >= 0.3 is 0 Å². The molecule has 0 amide bonds. The standard InChI is InChI=1S/C13H19N5O/c1-14-11-10-7-17-18(12(10)16-9-15-11)8-13(19)5-3-2-4-6-13/h7,9,19H,2-6,8H2,1H3,(H,14,15,16). The molecule has 102 valence electrons. The Morgan fingerprint density at radius 1 is 1.32 bits per heavy atom. The summed E-state index contributed by atoms with van der Waals surface area (Å²) in [6, 6.07) is 0. The number of rotatable bonds is 3. The fourth-order valence-electron chi connectivity index (χ4n) is 2.85. The predicted molar refractivity (Wildman–Crippen MR) is 72.9 cm³/mol. The van der Waals surface area contributed by atoms with Crippen molar-refractivity contribution >= 4 is 16.9 Å². The average molecular weight is 261 g/mol. The number of hydrogen-bond donors (Lipinski definition) is 2. The molecule has 1 aliphatic rings. The summed E-state index contributed by atoms with van der Waals surface area (Å²) in [5.74, 6) is 0.770. The van der Waals surface area contributed by atoms with Crippen LogP contribution in [0.5, 0.6) is 0 Å². The second-order valence-corrected chi connectivity index (χ2v) is 5.30. The molecule has 0 bridgehead atoms. The minimum atomic E-state index is -0.637. The molecule has 2 aromatic heterocycles. The fourth-order valence-corrected chi connectivity index (χ4v) is 2.85. The normalized spacial score (nSPS) is 18.6. The van der Waals surface area contributed by atoms with E-state index in [-0.39, 0.29) is 0 Å². The molecule has 0 aliphatic heterocycles. The van der Waals surface area contributed by atoms with Gasteiger partial charge in [0.1, 0.15) is 12.1 Å². The number of nitrogens with one attached hydrogen (secondary N) is 1. The molecule has 2 N–H and O–H groups in total. The minimum Gasteiger partial charge on any atom is -0.388 e. The van der Waals surface area contributed by atoms with Crippen LogP contribution in [0.2, 0.25) is 0 Å². The SMILES string of the molecule is CNc1ncnc2c1cnn2CC1(O)CCCCC1. The van der Waals surface area contributed by atoms with Gasteiger partial charge in [0.05, 0.1) is 23.7 Å². The molecule has 2 aromatic rings. The number of aromatic nitrogens is 4. The third-order valence-electron chi connectivity index (χ3n) is 3.90. The molecule has 3 rings (SSSR count). The molecule has 0 unspecified atom stereocenters. The Kier molecular flexibility index (Phi) is 3.10. The van der Waals surface area contributed by atoms with E-state index in [0.717, 1.165) is 42.5 Å². The van der Waals surface area contributed by atoms with E-state index in [4.69, 9.17) is 0 Å². The molecule has 0 spiro atoms. The van der Waals surface area contributed by atoms with Crippen LogP contribution in [-0.2, 0) is 6.54 Å². The van der Waals surface area contributed by atoms with Gasteiger partial charge in [-0.2, -0.15) is 5.10 Å². The maximum atomic E-state index is 10.6. The largest absolute Gasteiger partial charge is 0.388 e. The van der Waals surface area contributed by atoms with Crippen molar-refractivity contribution in [3.63, 3.8) is 0 Å². The van der Waals surface area contributed by atoms with Crippen LogP contribution in [0.15, 0.2) is 12.5 Å². The monoisotopic (exact) mass is 261 g/mol. The van der Waals surface area contributed by atoms with Crippen molar-refractivity contribution in [3.8, 4) is 0 Å². The first-order valence-electron chi connectivity index (χ1n) is 6.78. The molecule has 0 saturated heterocycles. The van der Waals surface area contributed by atoms with Crippen molar-refractivity contribution in [2.45, 2.75) is 44.2 Å². The summed E-state index contributed by atoms with van der Waals surface area (Å²) in [5.41, 5.74) is 0.139. The van der Waals surface area contributed by atoms with Gasteiger partial charge in [-0.3, -0.25) is 0 Å². The second kappa shape index (κ2) is 4.77. The van der Waals surface area contributed by atoms with Crippen molar-refractivity contribution in [2.24, 2.45) is 0 Å². The van der Waals surface area contributed by atoms with Crippen LogP contribution in [0.3, 0.4) is 0 Å². The van der Waals surface area contributed by atoms with E-state index in [2.05, 4.69) is 20.4 Å². The van der Waals surface area contributed by atoms with Crippen LogP contribution in [0.25, 0.3) is 11.0 Å². The van der Waals surface area contributed by atoms with Crippen molar-refractivity contribution in [3.05, 3.63) is 12.5 Å². The van der Waals surface area contributed by atoms with E-state index < -0.39 is 5.60 Å². The van der Waals surface area contributed by atoms with Crippen molar-refractivity contribution in [2.75, 3.05) is 12.4 Å².